The predicted molar refractivity (Wildman–Crippen MR) is 146 cm³/mol. The first-order valence-electron chi connectivity index (χ1n) is 14.0. The molecule has 0 aromatic carbocycles. The van der Waals surface area contributed by atoms with E-state index in [0.717, 1.165) is 6.20 Å². The highest BCUT2D eigenvalue weighted by atomic mass is 19.1. The molecule has 1 fully saturated rings. The number of aromatic nitrogens is 3. The summed E-state index contributed by atoms with van der Waals surface area (Å²) < 4.78 is 51.7. The summed E-state index contributed by atoms with van der Waals surface area (Å²) in [5.74, 6) is 0.666. The van der Waals surface area contributed by atoms with Gasteiger partial charge in [0.1, 0.15) is 24.6 Å². The molecule has 0 aliphatic carbocycles. The number of aliphatic hydroxyl groups is 1. The van der Waals surface area contributed by atoms with E-state index in [4.69, 9.17) is 25.1 Å². The zero-order valence-corrected chi connectivity index (χ0v) is 23.6. The summed E-state index contributed by atoms with van der Waals surface area (Å²) in [4.78, 5) is 27.6. The molecule has 0 radical (unpaired) electrons. The van der Waals surface area contributed by atoms with Crippen molar-refractivity contribution in [3.05, 3.63) is 47.7 Å². The molecule has 1 saturated heterocycles. The van der Waals surface area contributed by atoms with E-state index in [1.165, 1.54) is 12.0 Å². The quantitative estimate of drug-likeness (QED) is 0.447. The van der Waals surface area contributed by atoms with Crippen molar-refractivity contribution in [1.82, 2.24) is 19.9 Å². The summed E-state index contributed by atoms with van der Waals surface area (Å²) in [7, 11) is 1.44. The molecule has 1 amide bonds. The number of carbonyl (C=O) groups excluding carboxylic acids is 1. The normalized spacial score (nSPS) is 20.6. The highest BCUT2D eigenvalue weighted by Crippen LogP contribution is 2.31. The van der Waals surface area contributed by atoms with E-state index in [0.29, 0.717) is 42.3 Å². The molecular formula is C29H35FN4O7. The second-order valence-electron chi connectivity index (χ2n) is 11.0. The van der Waals surface area contributed by atoms with E-state index in [9.17, 15) is 14.3 Å². The number of rotatable bonds is 7. The van der Waals surface area contributed by atoms with Crippen molar-refractivity contribution in [3.63, 3.8) is 0 Å². The van der Waals surface area contributed by atoms with Gasteiger partial charge in [0.2, 0.25) is 5.88 Å². The van der Waals surface area contributed by atoms with Gasteiger partial charge in [-0.05, 0) is 39.7 Å². The van der Waals surface area contributed by atoms with Crippen LogP contribution in [0.25, 0.3) is 11.0 Å². The Bertz CT molecular complexity index is 1440. The molecule has 1 unspecified atom stereocenters. The Morgan fingerprint density at radius 3 is 2.71 bits per heavy atom. The molecule has 5 heterocycles. The Labute approximate surface area is 239 Å². The van der Waals surface area contributed by atoms with E-state index < -0.39 is 35.7 Å². The molecule has 0 spiro atoms. The van der Waals surface area contributed by atoms with E-state index in [2.05, 4.69) is 15.0 Å². The third-order valence-corrected chi connectivity index (χ3v) is 6.82. The highest BCUT2D eigenvalue weighted by Gasteiger charge is 2.35. The van der Waals surface area contributed by atoms with E-state index in [1.807, 2.05) is 0 Å². The van der Waals surface area contributed by atoms with Gasteiger partial charge in [0.25, 0.3) is 0 Å². The fraction of sp³-hybridized carbons (Fsp3) is 0.517. The topological polar surface area (TPSA) is 125 Å². The number of hydrogen-bond acceptors (Lipinski definition) is 10. The number of halogens is 1. The molecule has 0 bridgehead atoms. The number of hydrogen-bond donors (Lipinski definition) is 1. The number of pyridine rings is 3. The molecule has 3 aromatic rings. The average Bonchev–Trinajstić information content (AvgIpc) is 2.96. The third-order valence-electron chi connectivity index (χ3n) is 6.82. The maximum Gasteiger partial charge on any atom is 0.410 e. The second-order valence-corrected chi connectivity index (χ2v) is 11.0. The van der Waals surface area contributed by atoms with E-state index in [-0.39, 0.29) is 43.0 Å². The molecule has 12 heteroatoms. The van der Waals surface area contributed by atoms with Crippen LogP contribution >= 0.6 is 0 Å². The number of fused-ring (bicyclic) bond motifs is 2. The zero-order valence-electron chi connectivity index (χ0n) is 24.6. The summed E-state index contributed by atoms with van der Waals surface area (Å²) in [6.07, 6.45) is -0.807. The monoisotopic (exact) mass is 571 g/mol. The summed E-state index contributed by atoms with van der Waals surface area (Å²) in [5, 5.41) is 11.2. The largest absolute Gasteiger partial charge is 0.486 e. The van der Waals surface area contributed by atoms with Crippen LogP contribution in [-0.4, -0.2) is 81.8 Å². The maximum absolute atomic E-state index is 14.9. The standard InChI is InChI=1S/C29H35FN4O7/c1-29(2,3)41-28(36)34(15-17-11-24-25(14-31-17)39-10-9-38-24)18-5-7-23(40-16-18)22(35)12-19-20(30)13-32-21-6-8-26(37-4)33-27(19)21/h6,8,11,13-14,18,22-23,35H,5,7,9-10,12,15-16H2,1-4H3/t18-,22?,23+/m1/s1/i22D. The maximum atomic E-state index is 14.9. The SMILES string of the molecule is [2H]C(O)(Cc1c(F)cnc2ccc(OC)nc12)[C@@H]1CC[C@@H](N(Cc2cc3c(cn2)OCCO3)C(=O)OC(C)(C)C)CO1. The van der Waals surface area contributed by atoms with Gasteiger partial charge in [-0.25, -0.2) is 14.2 Å². The first-order chi connectivity index (χ1) is 19.9. The average molecular weight is 572 g/mol. The fourth-order valence-corrected chi connectivity index (χ4v) is 4.81. The molecule has 2 aliphatic heterocycles. The van der Waals surface area contributed by atoms with Gasteiger partial charge in [0.15, 0.2) is 11.5 Å². The zero-order chi connectivity index (χ0) is 30.1. The lowest BCUT2D eigenvalue weighted by Gasteiger charge is -2.38. The lowest BCUT2D eigenvalue weighted by Crippen LogP contribution is -2.49. The van der Waals surface area contributed by atoms with Crippen molar-refractivity contribution in [2.45, 2.75) is 70.4 Å². The summed E-state index contributed by atoms with van der Waals surface area (Å²) in [6.45, 7) is 6.36. The van der Waals surface area contributed by atoms with Crippen molar-refractivity contribution >= 4 is 17.1 Å². The van der Waals surface area contributed by atoms with Crippen LogP contribution in [0.1, 0.15) is 46.2 Å². The smallest absolute Gasteiger partial charge is 0.410 e. The van der Waals surface area contributed by atoms with Gasteiger partial charge in [-0.1, -0.05) is 0 Å². The Morgan fingerprint density at radius 1 is 1.22 bits per heavy atom. The van der Waals surface area contributed by atoms with Gasteiger partial charge in [-0.2, -0.15) is 0 Å². The van der Waals surface area contributed by atoms with Crippen molar-refractivity contribution in [1.29, 1.82) is 0 Å². The number of ether oxygens (including phenoxy) is 5. The molecule has 3 atom stereocenters. The number of amides is 1. The molecule has 0 saturated carbocycles. The van der Waals surface area contributed by atoms with Crippen LogP contribution in [0, 0.1) is 5.82 Å². The van der Waals surface area contributed by atoms with Crippen LogP contribution in [0.2, 0.25) is 0 Å². The summed E-state index contributed by atoms with van der Waals surface area (Å²) in [6, 6.07) is 4.55. The van der Waals surface area contributed by atoms with Gasteiger partial charge in [0.05, 0.1) is 69.0 Å². The second kappa shape index (κ2) is 12.0. The molecule has 41 heavy (non-hydrogen) atoms. The van der Waals surface area contributed by atoms with E-state index in [1.54, 1.807) is 45.2 Å². The number of nitrogens with zero attached hydrogens (tertiary/aromatic N) is 4. The Morgan fingerprint density at radius 2 is 2.00 bits per heavy atom. The lowest BCUT2D eigenvalue weighted by atomic mass is 9.95. The van der Waals surface area contributed by atoms with Crippen molar-refractivity contribution < 1.29 is 39.3 Å². The number of methoxy groups -OCH3 is 1. The van der Waals surface area contributed by atoms with Crippen LogP contribution < -0.4 is 14.2 Å². The molecule has 1 N–H and O–H groups in total. The summed E-state index contributed by atoms with van der Waals surface area (Å²) in [5.41, 5.74) is 0.503. The third kappa shape index (κ3) is 6.76. The van der Waals surface area contributed by atoms with Crippen LogP contribution in [-0.2, 0) is 22.4 Å². The van der Waals surface area contributed by atoms with Crippen LogP contribution in [0.4, 0.5) is 9.18 Å². The summed E-state index contributed by atoms with van der Waals surface area (Å²) >= 11 is 0. The van der Waals surface area contributed by atoms with Crippen LogP contribution in [0.3, 0.4) is 0 Å². The first kappa shape index (κ1) is 27.4. The molecule has 5 rings (SSSR count). The minimum Gasteiger partial charge on any atom is -0.486 e. The van der Waals surface area contributed by atoms with Gasteiger partial charge >= 0.3 is 6.09 Å². The minimum atomic E-state index is -2.18. The minimum absolute atomic E-state index is 0.0291. The van der Waals surface area contributed by atoms with Crippen molar-refractivity contribution in [2.24, 2.45) is 0 Å². The van der Waals surface area contributed by atoms with Crippen molar-refractivity contribution in [3.8, 4) is 17.4 Å². The molecule has 220 valence electrons. The predicted octanol–water partition coefficient (Wildman–Crippen LogP) is 3.83. The number of carbonyl (C=O) groups is 1. The van der Waals surface area contributed by atoms with Gasteiger partial charge in [0, 0.05) is 24.1 Å². The Kier molecular flexibility index (Phi) is 8.02. The van der Waals surface area contributed by atoms with Crippen LogP contribution in [0.5, 0.6) is 17.4 Å². The fourth-order valence-electron chi connectivity index (χ4n) is 4.81. The highest BCUT2D eigenvalue weighted by molar-refractivity contribution is 5.78. The lowest BCUT2D eigenvalue weighted by molar-refractivity contribution is -0.0919. The molecule has 2 aliphatic rings. The van der Waals surface area contributed by atoms with Gasteiger partial charge < -0.3 is 28.8 Å². The van der Waals surface area contributed by atoms with Crippen LogP contribution in [0.15, 0.2) is 30.6 Å². The van der Waals surface area contributed by atoms with E-state index >= 15 is 0 Å². The van der Waals surface area contributed by atoms with Gasteiger partial charge in [-0.3, -0.25) is 14.9 Å². The Balaban J connectivity index is 1.32. The molecule has 11 nitrogen and oxygen atoms in total. The first-order valence-corrected chi connectivity index (χ1v) is 13.5. The molecule has 3 aromatic heterocycles. The van der Waals surface area contributed by atoms with Gasteiger partial charge in [-0.15, -0.1) is 0 Å². The Hall–Kier alpha value is -3.77. The molecular weight excluding hydrogens is 535 g/mol. The van der Waals surface area contributed by atoms with Crippen molar-refractivity contribution in [2.75, 3.05) is 26.9 Å².